The van der Waals surface area contributed by atoms with Gasteiger partial charge >= 0.3 is 0 Å². The molecule has 0 amide bonds. The number of aromatic hydroxyl groups is 1. The second-order valence-electron chi connectivity index (χ2n) is 11.5. The maximum atomic E-state index is 16.6. The molecule has 3 saturated heterocycles. The number of hydrogen-bond donors (Lipinski definition) is 3. The number of rotatable bonds is 5. The smallest absolute Gasteiger partial charge is 0.228 e. The summed E-state index contributed by atoms with van der Waals surface area (Å²) in [6.45, 7) is 1.57. The topological polar surface area (TPSA) is 76.5 Å². The molecule has 3 fully saturated rings. The molecule has 1 aromatic heterocycles. The Morgan fingerprint density at radius 2 is 1.79 bits per heavy atom. The second-order valence-corrected chi connectivity index (χ2v) is 11.9. The van der Waals surface area contributed by atoms with Crippen molar-refractivity contribution in [2.75, 3.05) is 37.4 Å². The Bertz CT molecular complexity index is 1580. The first-order valence-electron chi connectivity index (χ1n) is 13.7. The van der Waals surface area contributed by atoms with Gasteiger partial charge in [0.2, 0.25) is 5.95 Å². The maximum absolute atomic E-state index is 16.6. The van der Waals surface area contributed by atoms with E-state index in [-0.39, 0.29) is 27.9 Å². The number of hydrogen-bond acceptors (Lipinski definition) is 7. The molecular weight excluding hydrogens is 515 g/mol. The molecule has 39 heavy (non-hydrogen) atoms. The summed E-state index contributed by atoms with van der Waals surface area (Å²) in [4.78, 5) is 14.0. The van der Waals surface area contributed by atoms with Crippen LogP contribution < -0.4 is 15.5 Å². The predicted molar refractivity (Wildman–Crippen MR) is 155 cm³/mol. The molecule has 0 aliphatic carbocycles. The number of halogens is 2. The van der Waals surface area contributed by atoms with Crippen LogP contribution in [0.2, 0.25) is 5.02 Å². The van der Waals surface area contributed by atoms with Crippen LogP contribution >= 0.6 is 11.6 Å². The molecule has 2 bridgehead atoms. The molecule has 7 rings (SSSR count). The van der Waals surface area contributed by atoms with E-state index in [4.69, 9.17) is 21.6 Å². The molecule has 4 heterocycles. The Morgan fingerprint density at radius 3 is 2.54 bits per heavy atom. The molecule has 3 aliphatic rings. The summed E-state index contributed by atoms with van der Waals surface area (Å²) >= 11 is 6.83. The molecule has 4 aromatic rings. The summed E-state index contributed by atoms with van der Waals surface area (Å²) in [5, 5.41) is 20.2. The number of phenols is 1. The Labute approximate surface area is 232 Å². The van der Waals surface area contributed by atoms with E-state index in [0.29, 0.717) is 40.8 Å². The van der Waals surface area contributed by atoms with Crippen molar-refractivity contribution in [3.8, 4) is 16.9 Å². The minimum Gasteiger partial charge on any atom is -0.508 e. The number of likely N-dealkylation sites (N-methyl/N-ethyl adjacent to an activating group) is 1. The summed E-state index contributed by atoms with van der Waals surface area (Å²) in [5.41, 5.74) is 1.01. The van der Waals surface area contributed by atoms with E-state index in [0.717, 1.165) is 36.7 Å². The number of aromatic nitrogens is 2. The largest absolute Gasteiger partial charge is 0.508 e. The van der Waals surface area contributed by atoms with E-state index in [1.54, 1.807) is 18.2 Å². The summed E-state index contributed by atoms with van der Waals surface area (Å²) < 4.78 is 16.6. The van der Waals surface area contributed by atoms with Gasteiger partial charge in [-0.1, -0.05) is 35.9 Å². The van der Waals surface area contributed by atoms with E-state index in [9.17, 15) is 5.11 Å². The molecule has 202 valence electrons. The molecule has 9 heteroatoms. The third-order valence-electron chi connectivity index (χ3n) is 8.68. The van der Waals surface area contributed by atoms with Gasteiger partial charge in [0.1, 0.15) is 17.1 Å². The molecule has 3 aromatic carbocycles. The molecule has 0 saturated carbocycles. The molecule has 0 radical (unpaired) electrons. The maximum Gasteiger partial charge on any atom is 0.228 e. The Balaban J connectivity index is 1.37. The lowest BCUT2D eigenvalue weighted by molar-refractivity contribution is 0.245. The molecule has 2 atom stereocenters. The monoisotopic (exact) mass is 546 g/mol. The predicted octanol–water partition coefficient (Wildman–Crippen LogP) is 5.39. The highest BCUT2D eigenvalue weighted by atomic mass is 35.5. The van der Waals surface area contributed by atoms with Gasteiger partial charge in [-0.2, -0.15) is 4.98 Å². The number of benzene rings is 3. The highest BCUT2D eigenvalue weighted by Crippen LogP contribution is 2.42. The summed E-state index contributed by atoms with van der Waals surface area (Å²) in [6, 6.07) is 14.3. The van der Waals surface area contributed by atoms with Crippen LogP contribution in [0.1, 0.15) is 25.7 Å². The van der Waals surface area contributed by atoms with E-state index >= 15 is 4.39 Å². The van der Waals surface area contributed by atoms with Crippen LogP contribution in [0.15, 0.2) is 42.5 Å². The minimum absolute atomic E-state index is 0.0563. The zero-order chi connectivity index (χ0) is 26.8. The first-order valence-corrected chi connectivity index (χ1v) is 14.1. The molecule has 3 N–H and O–H groups in total. The number of phenolic OH excluding ortho intramolecular Hbond substituents is 1. The lowest BCUT2D eigenvalue weighted by Gasteiger charge is -2.43. The van der Waals surface area contributed by atoms with Crippen molar-refractivity contribution in [3.63, 3.8) is 0 Å². The summed E-state index contributed by atoms with van der Waals surface area (Å²) in [5.74, 6) is 0.700. The molecule has 3 aliphatic heterocycles. The van der Waals surface area contributed by atoms with E-state index < -0.39 is 5.82 Å². The Hall–Kier alpha value is -3.20. The quantitative estimate of drug-likeness (QED) is 0.310. The number of anilines is 2. The van der Waals surface area contributed by atoms with Gasteiger partial charge in [0, 0.05) is 48.2 Å². The average molecular weight is 547 g/mol. The molecule has 7 nitrogen and oxygen atoms in total. The van der Waals surface area contributed by atoms with Crippen molar-refractivity contribution in [1.82, 2.24) is 20.2 Å². The zero-order valence-corrected chi connectivity index (χ0v) is 22.8. The van der Waals surface area contributed by atoms with Gasteiger partial charge in [-0.15, -0.1) is 0 Å². The van der Waals surface area contributed by atoms with Crippen molar-refractivity contribution in [3.05, 3.63) is 53.3 Å². The fraction of sp³-hybridized carbons (Fsp3) is 0.400. The van der Waals surface area contributed by atoms with E-state index in [1.165, 1.54) is 12.8 Å². The number of fused-ring (bicyclic) bond motifs is 4. The summed E-state index contributed by atoms with van der Waals surface area (Å²) in [6.07, 6.45) is 4.40. The molecular formula is C30H32ClFN6O. The van der Waals surface area contributed by atoms with Crippen molar-refractivity contribution in [1.29, 1.82) is 0 Å². The fourth-order valence-corrected chi connectivity index (χ4v) is 6.79. The average Bonchev–Trinajstić information content (AvgIpc) is 3.21. The van der Waals surface area contributed by atoms with Crippen molar-refractivity contribution >= 4 is 45.0 Å². The van der Waals surface area contributed by atoms with Crippen LogP contribution in [0.4, 0.5) is 16.2 Å². The van der Waals surface area contributed by atoms with Gasteiger partial charge in [-0.05, 0) is 74.3 Å². The van der Waals surface area contributed by atoms with Crippen LogP contribution in [0, 0.1) is 5.82 Å². The van der Waals surface area contributed by atoms with Gasteiger partial charge in [0.15, 0.2) is 5.82 Å². The van der Waals surface area contributed by atoms with Gasteiger partial charge in [-0.25, -0.2) is 9.37 Å². The van der Waals surface area contributed by atoms with E-state index in [2.05, 4.69) is 34.5 Å². The molecule has 0 spiro atoms. The highest BCUT2D eigenvalue weighted by molar-refractivity contribution is 6.35. The first-order chi connectivity index (χ1) is 18.8. The standard InChI is InChI=1S/C30H32ClFN6O/c1-37(2)20-14-38(15-20)30-35-28-24(29(36-30)34-19-10-17-7-8-18(11-19)33-17)13-25(31)26(27(28)32)23-12-21(39)9-16-5-3-4-6-22(16)23/h3-6,9,12-13,17-20,33,39H,7-8,10-11,14-15H2,1-2H3,(H,34,35,36). The van der Waals surface area contributed by atoms with Crippen molar-refractivity contribution < 1.29 is 9.50 Å². The van der Waals surface area contributed by atoms with Crippen LogP contribution in [-0.4, -0.2) is 71.3 Å². The van der Waals surface area contributed by atoms with Crippen molar-refractivity contribution in [2.24, 2.45) is 0 Å². The first kappa shape index (κ1) is 24.8. The van der Waals surface area contributed by atoms with Gasteiger partial charge in [0.25, 0.3) is 0 Å². The van der Waals surface area contributed by atoms with Gasteiger partial charge in [0.05, 0.1) is 5.02 Å². The van der Waals surface area contributed by atoms with Crippen LogP contribution in [-0.2, 0) is 0 Å². The van der Waals surface area contributed by atoms with Crippen LogP contribution in [0.25, 0.3) is 32.8 Å². The number of nitrogens with zero attached hydrogens (tertiary/aromatic N) is 4. The third-order valence-corrected chi connectivity index (χ3v) is 8.97. The third kappa shape index (κ3) is 4.35. The second kappa shape index (κ2) is 9.47. The Morgan fingerprint density at radius 1 is 1.05 bits per heavy atom. The van der Waals surface area contributed by atoms with E-state index in [1.807, 2.05) is 24.3 Å². The van der Waals surface area contributed by atoms with Crippen LogP contribution in [0.5, 0.6) is 5.75 Å². The fourth-order valence-electron chi connectivity index (χ4n) is 6.50. The SMILES string of the molecule is CN(C)C1CN(c2nc(NC3CC4CCC(C3)N4)c3cc(Cl)c(-c4cc(O)cc5ccccc45)c(F)c3n2)C1. The van der Waals surface area contributed by atoms with Crippen LogP contribution in [0.3, 0.4) is 0 Å². The van der Waals surface area contributed by atoms with Gasteiger partial charge in [-0.3, -0.25) is 0 Å². The zero-order valence-electron chi connectivity index (χ0n) is 22.1. The molecule has 2 unspecified atom stereocenters. The lowest BCUT2D eigenvalue weighted by Crippen LogP contribution is -2.58. The summed E-state index contributed by atoms with van der Waals surface area (Å²) in [7, 11) is 4.13. The normalized spacial score (nSPS) is 23.1. The number of piperidine rings is 1. The highest BCUT2D eigenvalue weighted by Gasteiger charge is 2.35. The number of nitrogens with one attached hydrogen (secondary N) is 2. The minimum atomic E-state index is -0.505. The lowest BCUT2D eigenvalue weighted by atomic mass is 9.96. The Kier molecular flexibility index (Phi) is 6.02. The van der Waals surface area contributed by atoms with Gasteiger partial charge < -0.3 is 25.5 Å². The van der Waals surface area contributed by atoms with Crippen molar-refractivity contribution in [2.45, 2.75) is 49.9 Å².